The maximum atomic E-state index is 14.0. The summed E-state index contributed by atoms with van der Waals surface area (Å²) in [4.78, 5) is 30.2. The van der Waals surface area contributed by atoms with Crippen molar-refractivity contribution < 1.29 is 23.1 Å². The summed E-state index contributed by atoms with van der Waals surface area (Å²) in [6.07, 6.45) is 5.68. The number of benzene rings is 2. The number of carbonyl (C=O) groups is 2. The first kappa shape index (κ1) is 22.3. The molecule has 4 rings (SSSR count). The van der Waals surface area contributed by atoms with Gasteiger partial charge in [-0.05, 0) is 59.3 Å². The smallest absolute Gasteiger partial charge is 0.339 e. The van der Waals surface area contributed by atoms with Crippen LogP contribution in [0.5, 0.6) is 0 Å². The number of anilines is 1. The predicted molar refractivity (Wildman–Crippen MR) is 121 cm³/mol. The summed E-state index contributed by atoms with van der Waals surface area (Å²) < 4.78 is 32.6. The summed E-state index contributed by atoms with van der Waals surface area (Å²) in [5.74, 6) is -3.06. The third-order valence-electron chi connectivity index (χ3n) is 5.48. The highest BCUT2D eigenvalue weighted by Crippen LogP contribution is 2.29. The molecule has 0 aliphatic heterocycles. The molecule has 0 saturated carbocycles. The van der Waals surface area contributed by atoms with E-state index in [-0.39, 0.29) is 10.2 Å². The summed E-state index contributed by atoms with van der Waals surface area (Å²) >= 11 is 3.02. The van der Waals surface area contributed by atoms with Crippen molar-refractivity contribution >= 4 is 44.4 Å². The Bertz CT molecular complexity index is 1180. The number of rotatable bonds is 4. The Balaban J connectivity index is 1.57. The van der Waals surface area contributed by atoms with Gasteiger partial charge in [0, 0.05) is 21.6 Å². The Kier molecular flexibility index (Phi) is 6.79. The lowest BCUT2D eigenvalue weighted by Crippen LogP contribution is -2.23. The van der Waals surface area contributed by atoms with Crippen molar-refractivity contribution in [3.8, 4) is 0 Å². The fourth-order valence-corrected chi connectivity index (χ4v) is 4.51. The number of amides is 1. The van der Waals surface area contributed by atoms with Crippen LogP contribution in [0.25, 0.3) is 10.9 Å². The van der Waals surface area contributed by atoms with E-state index in [0.29, 0.717) is 22.5 Å². The molecule has 0 bridgehead atoms. The number of para-hydroxylation sites is 1. The lowest BCUT2D eigenvalue weighted by atomic mass is 9.91. The minimum absolute atomic E-state index is 0.0520. The van der Waals surface area contributed by atoms with Gasteiger partial charge < -0.3 is 10.1 Å². The first-order chi connectivity index (χ1) is 15.4. The SMILES string of the molecule is O=C(COC(=O)c1c2c(nc3ccccc13)CCCCCC2)Nc1c(F)cc(F)cc1Br. The molecule has 5 nitrogen and oxygen atoms in total. The molecule has 0 atom stereocenters. The van der Waals surface area contributed by atoms with Gasteiger partial charge in [-0.1, -0.05) is 31.0 Å². The van der Waals surface area contributed by atoms with Gasteiger partial charge in [0.1, 0.15) is 5.82 Å². The summed E-state index contributed by atoms with van der Waals surface area (Å²) in [5, 5.41) is 3.00. The van der Waals surface area contributed by atoms with Crippen molar-refractivity contribution in [2.24, 2.45) is 0 Å². The number of aryl methyl sites for hydroxylation is 1. The molecule has 3 aromatic rings. The average molecular weight is 503 g/mol. The molecule has 32 heavy (non-hydrogen) atoms. The Morgan fingerprint density at radius 1 is 1.06 bits per heavy atom. The first-order valence-electron chi connectivity index (χ1n) is 10.5. The lowest BCUT2D eigenvalue weighted by molar-refractivity contribution is -0.119. The fourth-order valence-electron chi connectivity index (χ4n) is 4.00. The summed E-state index contributed by atoms with van der Waals surface area (Å²) in [6, 6.07) is 9.06. The van der Waals surface area contributed by atoms with Crippen molar-refractivity contribution in [2.45, 2.75) is 38.5 Å². The molecule has 1 N–H and O–H groups in total. The number of nitrogens with one attached hydrogen (secondary N) is 1. The zero-order valence-corrected chi connectivity index (χ0v) is 18.8. The summed E-state index contributed by atoms with van der Waals surface area (Å²) in [6.45, 7) is -0.604. The Hall–Kier alpha value is -2.87. The third kappa shape index (κ3) is 4.80. The Labute approximate surface area is 192 Å². The van der Waals surface area contributed by atoms with Gasteiger partial charge >= 0.3 is 5.97 Å². The molecule has 1 amide bonds. The fraction of sp³-hybridized carbons (Fsp3) is 0.292. The second kappa shape index (κ2) is 9.73. The van der Waals surface area contributed by atoms with E-state index in [2.05, 4.69) is 21.2 Å². The van der Waals surface area contributed by atoms with Gasteiger partial charge in [-0.15, -0.1) is 0 Å². The van der Waals surface area contributed by atoms with Crippen LogP contribution < -0.4 is 5.32 Å². The van der Waals surface area contributed by atoms with Crippen molar-refractivity contribution in [1.29, 1.82) is 0 Å². The van der Waals surface area contributed by atoms with E-state index in [1.54, 1.807) is 0 Å². The van der Waals surface area contributed by atoms with Gasteiger partial charge in [0.05, 0.1) is 16.8 Å². The number of aromatic nitrogens is 1. The molecule has 166 valence electrons. The average Bonchev–Trinajstić information content (AvgIpc) is 2.74. The quantitative estimate of drug-likeness (QED) is 0.462. The number of pyridine rings is 1. The maximum Gasteiger partial charge on any atom is 0.339 e. The third-order valence-corrected chi connectivity index (χ3v) is 6.10. The number of carbonyl (C=O) groups excluding carboxylic acids is 2. The number of halogens is 3. The monoisotopic (exact) mass is 502 g/mol. The van der Waals surface area contributed by atoms with Crippen molar-refractivity contribution in [3.63, 3.8) is 0 Å². The minimum Gasteiger partial charge on any atom is -0.452 e. The van der Waals surface area contributed by atoms with E-state index < -0.39 is 30.1 Å². The van der Waals surface area contributed by atoms with Crippen LogP contribution in [0.3, 0.4) is 0 Å². The minimum atomic E-state index is -0.932. The molecular formula is C24H21BrF2N2O3. The highest BCUT2D eigenvalue weighted by Gasteiger charge is 2.23. The van der Waals surface area contributed by atoms with E-state index >= 15 is 0 Å². The number of nitrogens with zero attached hydrogens (tertiary/aromatic N) is 1. The van der Waals surface area contributed by atoms with E-state index in [0.717, 1.165) is 55.8 Å². The van der Waals surface area contributed by atoms with Crippen LogP contribution in [0.2, 0.25) is 0 Å². The number of esters is 1. The normalized spacial score (nSPS) is 13.7. The Morgan fingerprint density at radius 2 is 1.81 bits per heavy atom. The van der Waals surface area contributed by atoms with Crippen LogP contribution in [0.15, 0.2) is 40.9 Å². The standard InChI is InChI=1S/C24H21BrF2N2O3/c25-17-11-14(26)12-18(27)23(17)29-21(30)13-32-24(31)22-15-7-3-1-2-4-9-19(15)28-20-10-6-5-8-16(20)22/h5-6,8,10-12H,1-4,7,9,13H2,(H,29,30). The highest BCUT2D eigenvalue weighted by molar-refractivity contribution is 9.10. The molecule has 1 aliphatic rings. The zero-order chi connectivity index (χ0) is 22.7. The van der Waals surface area contributed by atoms with Gasteiger partial charge in [0.25, 0.3) is 5.91 Å². The molecule has 0 unspecified atom stereocenters. The summed E-state index contributed by atoms with van der Waals surface area (Å²) in [7, 11) is 0. The number of ether oxygens (including phenoxy) is 1. The van der Waals surface area contributed by atoms with E-state index in [1.165, 1.54) is 0 Å². The van der Waals surface area contributed by atoms with Crippen LogP contribution in [-0.2, 0) is 22.4 Å². The van der Waals surface area contributed by atoms with E-state index in [4.69, 9.17) is 9.72 Å². The van der Waals surface area contributed by atoms with Gasteiger partial charge in [-0.2, -0.15) is 0 Å². The molecule has 2 aromatic carbocycles. The molecule has 1 heterocycles. The Morgan fingerprint density at radius 3 is 2.59 bits per heavy atom. The molecule has 8 heteroatoms. The second-order valence-electron chi connectivity index (χ2n) is 7.71. The van der Waals surface area contributed by atoms with Crippen molar-refractivity contribution in [2.75, 3.05) is 11.9 Å². The van der Waals surface area contributed by atoms with Crippen LogP contribution in [0.1, 0.15) is 47.3 Å². The van der Waals surface area contributed by atoms with E-state index in [9.17, 15) is 18.4 Å². The molecule has 0 spiro atoms. The molecule has 0 saturated heterocycles. The molecule has 0 fully saturated rings. The van der Waals surface area contributed by atoms with Gasteiger partial charge in [-0.3, -0.25) is 9.78 Å². The second-order valence-corrected chi connectivity index (χ2v) is 8.57. The molecule has 1 aliphatic carbocycles. The van der Waals surface area contributed by atoms with Gasteiger partial charge in [0.2, 0.25) is 0 Å². The van der Waals surface area contributed by atoms with Crippen molar-refractivity contribution in [3.05, 3.63) is 69.3 Å². The largest absolute Gasteiger partial charge is 0.452 e. The van der Waals surface area contributed by atoms with Gasteiger partial charge in [0.15, 0.2) is 12.4 Å². The molecule has 1 aromatic heterocycles. The lowest BCUT2D eigenvalue weighted by Gasteiger charge is -2.18. The van der Waals surface area contributed by atoms with Gasteiger partial charge in [-0.25, -0.2) is 13.6 Å². The van der Waals surface area contributed by atoms with Crippen LogP contribution >= 0.6 is 15.9 Å². The first-order valence-corrected chi connectivity index (χ1v) is 11.3. The van der Waals surface area contributed by atoms with Crippen molar-refractivity contribution in [1.82, 2.24) is 4.98 Å². The predicted octanol–water partition coefficient (Wildman–Crippen LogP) is 5.73. The zero-order valence-electron chi connectivity index (χ0n) is 17.2. The number of fused-ring (bicyclic) bond motifs is 2. The van der Waals surface area contributed by atoms with Crippen LogP contribution in [0, 0.1) is 11.6 Å². The maximum absolute atomic E-state index is 14.0. The topological polar surface area (TPSA) is 68.3 Å². The number of hydrogen-bond donors (Lipinski definition) is 1. The summed E-state index contributed by atoms with van der Waals surface area (Å²) in [5.41, 5.74) is 2.71. The molecular weight excluding hydrogens is 482 g/mol. The van der Waals surface area contributed by atoms with Crippen LogP contribution in [-0.4, -0.2) is 23.5 Å². The highest BCUT2D eigenvalue weighted by atomic mass is 79.9. The molecule has 0 radical (unpaired) electrons. The number of hydrogen-bond acceptors (Lipinski definition) is 4. The van der Waals surface area contributed by atoms with Crippen LogP contribution in [0.4, 0.5) is 14.5 Å². The van der Waals surface area contributed by atoms with E-state index in [1.807, 2.05) is 24.3 Å².